The van der Waals surface area contributed by atoms with E-state index < -0.39 is 5.41 Å². The molecule has 0 saturated carbocycles. The van der Waals surface area contributed by atoms with Gasteiger partial charge in [-0.2, -0.15) is 0 Å². The molecule has 1 atom stereocenters. The summed E-state index contributed by atoms with van der Waals surface area (Å²) >= 11 is 0. The summed E-state index contributed by atoms with van der Waals surface area (Å²) in [5.41, 5.74) is 14.9. The van der Waals surface area contributed by atoms with E-state index in [0.29, 0.717) is 13.1 Å². The molecule has 0 aliphatic heterocycles. The number of amides is 1. The van der Waals surface area contributed by atoms with Crippen molar-refractivity contribution in [2.45, 2.75) is 38.1 Å². The Morgan fingerprint density at radius 3 is 1.82 bits per heavy atom. The normalized spacial score (nSPS) is 12.4. The molecule has 0 aliphatic carbocycles. The smallest absolute Gasteiger partial charge is 0.230 e. The van der Waals surface area contributed by atoms with Crippen LogP contribution in [0.25, 0.3) is 22.3 Å². The average molecular weight is 452 g/mol. The number of hydrogen-bond acceptors (Lipinski definition) is 3. The summed E-state index contributed by atoms with van der Waals surface area (Å²) in [6, 6.07) is 18.1. The predicted molar refractivity (Wildman–Crippen MR) is 130 cm³/mol. The highest BCUT2D eigenvalue weighted by molar-refractivity contribution is 5.89. The average Bonchev–Trinajstić information content (AvgIpc) is 2.81. The summed E-state index contributed by atoms with van der Waals surface area (Å²) < 4.78 is 27.0. The number of carbonyl (C=O) groups excluding carboxylic acids is 1. The highest BCUT2D eigenvalue weighted by Gasteiger charge is 2.31. The fourth-order valence-corrected chi connectivity index (χ4v) is 3.66. The lowest BCUT2D eigenvalue weighted by molar-refractivity contribution is -0.125. The first-order valence-corrected chi connectivity index (χ1v) is 11.1. The second-order valence-electron chi connectivity index (χ2n) is 8.84. The Bertz CT molecular complexity index is 1020. The van der Waals surface area contributed by atoms with Crippen LogP contribution in [-0.4, -0.2) is 25.0 Å². The standard InChI is InChI=1S/C27H31F2N3O/c1-27(2,26(33)32-17-25(31)4-3-13-30)22-15-20(18-5-9-23(28)10-6-18)14-21(16-22)19-7-11-24(29)12-8-19/h5-12,14-16,25H,3-4,13,17,30-31H2,1-2H3,(H,32,33). The minimum atomic E-state index is -0.863. The van der Waals surface area contributed by atoms with Gasteiger partial charge in [0.15, 0.2) is 0 Å². The molecule has 33 heavy (non-hydrogen) atoms. The molecule has 0 aliphatic rings. The quantitative estimate of drug-likeness (QED) is 0.439. The van der Waals surface area contributed by atoms with E-state index in [9.17, 15) is 13.6 Å². The number of benzene rings is 3. The predicted octanol–water partition coefficient (Wildman–Crippen LogP) is 4.76. The summed E-state index contributed by atoms with van der Waals surface area (Å²) in [7, 11) is 0. The van der Waals surface area contributed by atoms with E-state index in [1.54, 1.807) is 24.3 Å². The van der Waals surface area contributed by atoms with Crippen LogP contribution in [0.2, 0.25) is 0 Å². The monoisotopic (exact) mass is 451 g/mol. The molecule has 0 spiro atoms. The molecule has 0 bridgehead atoms. The van der Waals surface area contributed by atoms with Crippen LogP contribution in [0.15, 0.2) is 66.7 Å². The maximum absolute atomic E-state index is 13.5. The SMILES string of the molecule is CC(C)(C(=O)NCC(N)CCCN)c1cc(-c2ccc(F)cc2)cc(-c2ccc(F)cc2)c1. The second kappa shape index (κ2) is 10.7. The molecule has 0 aromatic heterocycles. The second-order valence-corrected chi connectivity index (χ2v) is 8.84. The van der Waals surface area contributed by atoms with Crippen molar-refractivity contribution in [1.82, 2.24) is 5.32 Å². The molecule has 3 rings (SSSR count). The number of nitrogens with one attached hydrogen (secondary N) is 1. The Morgan fingerprint density at radius 2 is 1.36 bits per heavy atom. The molecule has 0 radical (unpaired) electrons. The molecule has 3 aromatic carbocycles. The third-order valence-electron chi connectivity index (χ3n) is 5.88. The number of rotatable bonds is 9. The van der Waals surface area contributed by atoms with Gasteiger partial charge in [0.1, 0.15) is 11.6 Å². The van der Waals surface area contributed by atoms with Crippen molar-refractivity contribution in [3.63, 3.8) is 0 Å². The molecule has 5 N–H and O–H groups in total. The molecule has 0 saturated heterocycles. The van der Waals surface area contributed by atoms with Crippen LogP contribution in [-0.2, 0) is 10.2 Å². The van der Waals surface area contributed by atoms with Gasteiger partial charge in [-0.15, -0.1) is 0 Å². The highest BCUT2D eigenvalue weighted by Crippen LogP contribution is 2.34. The first-order chi connectivity index (χ1) is 15.7. The molecule has 174 valence electrons. The van der Waals surface area contributed by atoms with Crippen molar-refractivity contribution in [1.29, 1.82) is 0 Å². The Morgan fingerprint density at radius 1 is 0.879 bits per heavy atom. The minimum Gasteiger partial charge on any atom is -0.354 e. The van der Waals surface area contributed by atoms with Gasteiger partial charge in [0, 0.05) is 12.6 Å². The summed E-state index contributed by atoms with van der Waals surface area (Å²) in [4.78, 5) is 13.1. The molecular formula is C27H31F2N3O. The van der Waals surface area contributed by atoms with E-state index in [-0.39, 0.29) is 23.6 Å². The zero-order chi connectivity index (χ0) is 24.0. The van der Waals surface area contributed by atoms with Gasteiger partial charge in [-0.25, -0.2) is 8.78 Å². The van der Waals surface area contributed by atoms with Crippen molar-refractivity contribution in [2.24, 2.45) is 11.5 Å². The number of hydrogen-bond donors (Lipinski definition) is 3. The zero-order valence-corrected chi connectivity index (χ0v) is 19.1. The van der Waals surface area contributed by atoms with E-state index in [1.165, 1.54) is 24.3 Å². The summed E-state index contributed by atoms with van der Waals surface area (Å²) in [6.45, 7) is 4.64. The first kappa shape index (κ1) is 24.6. The Hall–Kier alpha value is -3.09. The summed E-state index contributed by atoms with van der Waals surface area (Å²) in [6.07, 6.45) is 1.55. The van der Waals surface area contributed by atoms with Gasteiger partial charge in [0.2, 0.25) is 5.91 Å². The molecule has 3 aromatic rings. The molecule has 0 heterocycles. The minimum absolute atomic E-state index is 0.146. The van der Waals surface area contributed by atoms with Gasteiger partial charge in [0.05, 0.1) is 5.41 Å². The third-order valence-corrected chi connectivity index (χ3v) is 5.88. The van der Waals surface area contributed by atoms with Crippen molar-refractivity contribution in [3.05, 3.63) is 83.9 Å². The van der Waals surface area contributed by atoms with Crippen molar-refractivity contribution >= 4 is 5.91 Å². The number of nitrogens with two attached hydrogens (primary N) is 2. The lowest BCUT2D eigenvalue weighted by atomic mass is 9.80. The third kappa shape index (κ3) is 6.24. The van der Waals surface area contributed by atoms with E-state index in [2.05, 4.69) is 5.32 Å². The van der Waals surface area contributed by atoms with Gasteiger partial charge in [0.25, 0.3) is 0 Å². The van der Waals surface area contributed by atoms with Crippen LogP contribution >= 0.6 is 0 Å². The summed E-state index contributed by atoms with van der Waals surface area (Å²) in [5.74, 6) is -0.786. The summed E-state index contributed by atoms with van der Waals surface area (Å²) in [5, 5.41) is 2.96. The van der Waals surface area contributed by atoms with E-state index in [1.807, 2.05) is 32.0 Å². The molecule has 6 heteroatoms. The fraction of sp³-hybridized carbons (Fsp3) is 0.296. The van der Waals surface area contributed by atoms with Gasteiger partial charge < -0.3 is 16.8 Å². The van der Waals surface area contributed by atoms with Crippen molar-refractivity contribution < 1.29 is 13.6 Å². The van der Waals surface area contributed by atoms with Crippen LogP contribution in [0.4, 0.5) is 8.78 Å². The fourth-order valence-electron chi connectivity index (χ4n) is 3.66. The van der Waals surface area contributed by atoms with E-state index in [4.69, 9.17) is 11.5 Å². The van der Waals surface area contributed by atoms with Crippen LogP contribution in [0.1, 0.15) is 32.3 Å². The van der Waals surface area contributed by atoms with Crippen LogP contribution in [0, 0.1) is 11.6 Å². The van der Waals surface area contributed by atoms with Gasteiger partial charge in [-0.05, 0) is 91.4 Å². The molecule has 0 fully saturated rings. The zero-order valence-electron chi connectivity index (χ0n) is 19.1. The van der Waals surface area contributed by atoms with Crippen molar-refractivity contribution in [2.75, 3.05) is 13.1 Å². The van der Waals surface area contributed by atoms with E-state index in [0.717, 1.165) is 40.7 Å². The number of halogens is 2. The van der Waals surface area contributed by atoms with Gasteiger partial charge in [-0.1, -0.05) is 36.4 Å². The lowest BCUT2D eigenvalue weighted by Gasteiger charge is -2.27. The first-order valence-electron chi connectivity index (χ1n) is 11.1. The van der Waals surface area contributed by atoms with Gasteiger partial charge in [-0.3, -0.25) is 4.79 Å². The Labute approximate surface area is 194 Å². The topological polar surface area (TPSA) is 81.1 Å². The molecular weight excluding hydrogens is 420 g/mol. The van der Waals surface area contributed by atoms with E-state index >= 15 is 0 Å². The van der Waals surface area contributed by atoms with Crippen LogP contribution in [0.3, 0.4) is 0 Å². The Kier molecular flexibility index (Phi) is 7.95. The largest absolute Gasteiger partial charge is 0.354 e. The highest BCUT2D eigenvalue weighted by atomic mass is 19.1. The molecule has 1 amide bonds. The number of carbonyl (C=O) groups is 1. The van der Waals surface area contributed by atoms with Crippen molar-refractivity contribution in [3.8, 4) is 22.3 Å². The van der Waals surface area contributed by atoms with Crippen LogP contribution in [0.5, 0.6) is 0 Å². The lowest BCUT2D eigenvalue weighted by Crippen LogP contribution is -2.45. The molecule has 1 unspecified atom stereocenters. The maximum atomic E-state index is 13.5. The van der Waals surface area contributed by atoms with Crippen LogP contribution < -0.4 is 16.8 Å². The van der Waals surface area contributed by atoms with Gasteiger partial charge >= 0.3 is 0 Å². The Balaban J connectivity index is 1.97. The molecule has 4 nitrogen and oxygen atoms in total. The maximum Gasteiger partial charge on any atom is 0.230 e.